The van der Waals surface area contributed by atoms with Gasteiger partial charge in [0.15, 0.2) is 0 Å². The van der Waals surface area contributed by atoms with Gasteiger partial charge in [0, 0.05) is 12.2 Å². The fourth-order valence-corrected chi connectivity index (χ4v) is 2.27. The monoisotopic (exact) mass is 264 g/mol. The second kappa shape index (κ2) is 6.02. The molecule has 0 saturated heterocycles. The molecule has 5 heteroatoms. The fraction of sp³-hybridized carbons (Fsp3) is 0.571. The Labute approximate surface area is 113 Å². The van der Waals surface area contributed by atoms with Crippen molar-refractivity contribution in [3.63, 3.8) is 0 Å². The first-order valence-corrected chi connectivity index (χ1v) is 6.61. The highest BCUT2D eigenvalue weighted by molar-refractivity contribution is 5.90. The molecule has 0 spiro atoms. The molecule has 1 aliphatic carbocycles. The second-order valence-corrected chi connectivity index (χ2v) is 5.11. The molecular weight excluding hydrogens is 244 g/mol. The molecule has 0 aromatic carbocycles. The summed E-state index contributed by atoms with van der Waals surface area (Å²) in [4.78, 5) is 17.7. The maximum absolute atomic E-state index is 11.2. The molecule has 0 atom stereocenters. The summed E-state index contributed by atoms with van der Waals surface area (Å²) in [7, 11) is 3.99. The summed E-state index contributed by atoms with van der Waals surface area (Å²) in [6.07, 6.45) is 3.74. The first-order chi connectivity index (χ1) is 9.08. The van der Waals surface area contributed by atoms with Crippen LogP contribution in [-0.2, 0) is 12.8 Å². The van der Waals surface area contributed by atoms with E-state index in [1.165, 1.54) is 0 Å². The van der Waals surface area contributed by atoms with Crippen LogP contribution in [0.25, 0.3) is 0 Å². The van der Waals surface area contributed by atoms with Gasteiger partial charge in [-0.15, -0.1) is 0 Å². The Hall–Kier alpha value is -1.62. The highest BCUT2D eigenvalue weighted by Crippen LogP contribution is 2.26. The Morgan fingerprint density at radius 2 is 2.26 bits per heavy atom. The minimum absolute atomic E-state index is 0.186. The summed E-state index contributed by atoms with van der Waals surface area (Å²) in [5.74, 6) is -0.697. The zero-order valence-corrected chi connectivity index (χ0v) is 11.5. The number of hydrogen-bond donors (Lipinski definition) is 1. The van der Waals surface area contributed by atoms with E-state index < -0.39 is 5.97 Å². The third kappa shape index (κ3) is 3.44. The molecule has 19 heavy (non-hydrogen) atoms. The minimum Gasteiger partial charge on any atom is -0.477 e. The van der Waals surface area contributed by atoms with Crippen LogP contribution < -0.4 is 4.74 Å². The number of aromatic carboxylic acids is 1. The molecule has 104 valence electrons. The van der Waals surface area contributed by atoms with Gasteiger partial charge in [-0.05, 0) is 51.4 Å². The van der Waals surface area contributed by atoms with Crippen LogP contribution in [0.4, 0.5) is 0 Å². The molecule has 0 fully saturated rings. The van der Waals surface area contributed by atoms with E-state index >= 15 is 0 Å². The van der Waals surface area contributed by atoms with E-state index in [4.69, 9.17) is 4.74 Å². The summed E-state index contributed by atoms with van der Waals surface area (Å²) in [5.41, 5.74) is 2.23. The van der Waals surface area contributed by atoms with Crippen molar-refractivity contribution in [2.24, 2.45) is 0 Å². The lowest BCUT2D eigenvalue weighted by Crippen LogP contribution is -2.16. The van der Waals surface area contributed by atoms with Gasteiger partial charge in [0.2, 0.25) is 5.88 Å². The van der Waals surface area contributed by atoms with Gasteiger partial charge in [-0.25, -0.2) is 9.78 Å². The third-order valence-electron chi connectivity index (χ3n) is 3.23. The zero-order chi connectivity index (χ0) is 13.8. The van der Waals surface area contributed by atoms with Crippen molar-refractivity contribution in [2.45, 2.75) is 25.7 Å². The summed E-state index contributed by atoms with van der Waals surface area (Å²) in [5, 5.41) is 9.21. The molecule has 0 unspecified atom stereocenters. The lowest BCUT2D eigenvalue weighted by molar-refractivity contribution is 0.0691. The Balaban J connectivity index is 2.08. The number of hydrogen-bond acceptors (Lipinski definition) is 4. The SMILES string of the molecule is CN(C)CCCOc1nc2c(cc1C(=O)O)CCC2. The molecule has 0 aliphatic heterocycles. The number of ether oxygens (including phenoxy) is 1. The fourth-order valence-electron chi connectivity index (χ4n) is 2.27. The van der Waals surface area contributed by atoms with Gasteiger partial charge in [0.05, 0.1) is 6.61 Å². The highest BCUT2D eigenvalue weighted by atomic mass is 16.5. The number of aryl methyl sites for hydroxylation is 2. The zero-order valence-electron chi connectivity index (χ0n) is 11.5. The van der Waals surface area contributed by atoms with Gasteiger partial charge < -0.3 is 14.7 Å². The molecule has 1 aromatic heterocycles. The van der Waals surface area contributed by atoms with Crippen molar-refractivity contribution in [1.82, 2.24) is 9.88 Å². The molecule has 1 heterocycles. The van der Waals surface area contributed by atoms with Crippen molar-refractivity contribution < 1.29 is 14.6 Å². The maximum atomic E-state index is 11.2. The van der Waals surface area contributed by atoms with E-state index in [0.717, 1.165) is 43.5 Å². The first-order valence-electron chi connectivity index (χ1n) is 6.61. The third-order valence-corrected chi connectivity index (χ3v) is 3.23. The Kier molecular flexibility index (Phi) is 4.37. The molecule has 0 bridgehead atoms. The predicted molar refractivity (Wildman–Crippen MR) is 71.9 cm³/mol. The lowest BCUT2D eigenvalue weighted by atomic mass is 10.1. The molecule has 1 N–H and O–H groups in total. The highest BCUT2D eigenvalue weighted by Gasteiger charge is 2.20. The molecule has 0 amide bonds. The summed E-state index contributed by atoms with van der Waals surface area (Å²) in [6, 6.07) is 1.72. The van der Waals surface area contributed by atoms with Crippen molar-refractivity contribution >= 4 is 5.97 Å². The van der Waals surface area contributed by atoms with Gasteiger partial charge in [-0.3, -0.25) is 0 Å². The second-order valence-electron chi connectivity index (χ2n) is 5.11. The molecule has 0 radical (unpaired) electrons. The van der Waals surface area contributed by atoms with Crippen molar-refractivity contribution in [2.75, 3.05) is 27.2 Å². The first kappa shape index (κ1) is 13.8. The molecule has 1 aliphatic rings. The summed E-state index contributed by atoms with van der Waals surface area (Å²) >= 11 is 0. The van der Waals surface area contributed by atoms with Gasteiger partial charge in [-0.1, -0.05) is 0 Å². The van der Waals surface area contributed by atoms with Crippen LogP contribution >= 0.6 is 0 Å². The largest absolute Gasteiger partial charge is 0.477 e. The maximum Gasteiger partial charge on any atom is 0.341 e. The van der Waals surface area contributed by atoms with Gasteiger partial charge in [0.25, 0.3) is 0 Å². The van der Waals surface area contributed by atoms with Crippen molar-refractivity contribution in [1.29, 1.82) is 0 Å². The van der Waals surface area contributed by atoms with Crippen LogP contribution in [-0.4, -0.2) is 48.2 Å². The van der Waals surface area contributed by atoms with Crippen molar-refractivity contribution in [3.05, 3.63) is 22.9 Å². The number of carboxylic acid groups (broad SMARTS) is 1. The lowest BCUT2D eigenvalue weighted by Gasteiger charge is -2.12. The normalized spacial score (nSPS) is 13.6. The number of pyridine rings is 1. The quantitative estimate of drug-likeness (QED) is 0.791. The smallest absolute Gasteiger partial charge is 0.341 e. The van der Waals surface area contributed by atoms with E-state index in [-0.39, 0.29) is 11.4 Å². The van der Waals surface area contributed by atoms with Crippen LogP contribution in [0.2, 0.25) is 0 Å². The Morgan fingerprint density at radius 1 is 1.47 bits per heavy atom. The number of rotatable bonds is 6. The van der Waals surface area contributed by atoms with Crippen LogP contribution in [0.15, 0.2) is 6.07 Å². The van der Waals surface area contributed by atoms with E-state index in [2.05, 4.69) is 9.88 Å². The average molecular weight is 264 g/mol. The van der Waals surface area contributed by atoms with E-state index in [0.29, 0.717) is 6.61 Å². The van der Waals surface area contributed by atoms with E-state index in [1.54, 1.807) is 6.07 Å². The predicted octanol–water partition coefficient (Wildman–Crippen LogP) is 1.60. The van der Waals surface area contributed by atoms with Crippen LogP contribution in [0.5, 0.6) is 5.88 Å². The van der Waals surface area contributed by atoms with Gasteiger partial charge in [0.1, 0.15) is 5.56 Å². The minimum atomic E-state index is -0.968. The number of fused-ring (bicyclic) bond motifs is 1. The number of carbonyl (C=O) groups is 1. The Morgan fingerprint density at radius 3 is 2.95 bits per heavy atom. The molecule has 0 saturated carbocycles. The van der Waals surface area contributed by atoms with Crippen LogP contribution in [0.1, 0.15) is 34.5 Å². The molecule has 1 aromatic rings. The van der Waals surface area contributed by atoms with Gasteiger partial charge >= 0.3 is 5.97 Å². The topological polar surface area (TPSA) is 62.7 Å². The van der Waals surface area contributed by atoms with Crippen molar-refractivity contribution in [3.8, 4) is 5.88 Å². The number of carboxylic acids is 1. The Bertz CT molecular complexity index is 472. The summed E-state index contributed by atoms with van der Waals surface area (Å²) in [6.45, 7) is 1.40. The average Bonchev–Trinajstić information content (AvgIpc) is 2.80. The van der Waals surface area contributed by atoms with Crippen LogP contribution in [0.3, 0.4) is 0 Å². The summed E-state index contributed by atoms with van der Waals surface area (Å²) < 4.78 is 5.56. The number of aromatic nitrogens is 1. The molecule has 2 rings (SSSR count). The van der Waals surface area contributed by atoms with Crippen LogP contribution in [0, 0.1) is 0 Å². The van der Waals surface area contributed by atoms with Gasteiger partial charge in [-0.2, -0.15) is 0 Å². The molecular formula is C14H20N2O3. The molecule has 5 nitrogen and oxygen atoms in total. The van der Waals surface area contributed by atoms with E-state index in [1.807, 2.05) is 14.1 Å². The van der Waals surface area contributed by atoms with E-state index in [9.17, 15) is 9.90 Å². The number of nitrogens with zero attached hydrogens (tertiary/aromatic N) is 2. The standard InChI is InChI=1S/C14H20N2O3/c1-16(2)7-4-8-19-13-11(14(17)18)9-10-5-3-6-12(10)15-13/h9H,3-8H2,1-2H3,(H,17,18).